The number of hydrogen-bond donors (Lipinski definition) is 1. The predicted octanol–water partition coefficient (Wildman–Crippen LogP) is 2.83. The highest BCUT2D eigenvalue weighted by atomic mass is 19.1. The summed E-state index contributed by atoms with van der Waals surface area (Å²) in [7, 11) is 1.47. The Balaban J connectivity index is 1.88. The second kappa shape index (κ2) is 8.69. The van der Waals surface area contributed by atoms with Crippen LogP contribution in [-0.2, 0) is 11.2 Å². The van der Waals surface area contributed by atoms with Crippen molar-refractivity contribution in [1.82, 2.24) is 5.32 Å². The summed E-state index contributed by atoms with van der Waals surface area (Å²) >= 11 is 0. The molecule has 130 valence electrons. The Labute approximate surface area is 146 Å². The Hall–Kier alpha value is -3.07. The lowest BCUT2D eigenvalue weighted by atomic mass is 10.1. The topological polar surface area (TPSA) is 71.3 Å². The molecule has 0 spiro atoms. The van der Waals surface area contributed by atoms with Crippen molar-refractivity contribution >= 4 is 5.91 Å². The van der Waals surface area contributed by atoms with Crippen molar-refractivity contribution in [2.24, 2.45) is 0 Å². The molecule has 5 nitrogen and oxygen atoms in total. The first-order chi connectivity index (χ1) is 12.0. The highest BCUT2D eigenvalue weighted by Gasteiger charge is 2.16. The number of rotatable bonds is 7. The average Bonchev–Trinajstić information content (AvgIpc) is 2.63. The highest BCUT2D eigenvalue weighted by molar-refractivity contribution is 5.80. The number of nitrogens with zero attached hydrogens (tertiary/aromatic N) is 1. The normalized spacial score (nSPS) is 11.3. The number of methoxy groups -OCH3 is 1. The lowest BCUT2D eigenvalue weighted by molar-refractivity contribution is -0.127. The van der Waals surface area contributed by atoms with Gasteiger partial charge >= 0.3 is 0 Å². The van der Waals surface area contributed by atoms with Crippen molar-refractivity contribution < 1.29 is 18.7 Å². The van der Waals surface area contributed by atoms with Crippen molar-refractivity contribution in [3.8, 4) is 17.6 Å². The first-order valence-corrected chi connectivity index (χ1v) is 7.80. The molecule has 0 aliphatic carbocycles. The number of nitrogens with one attached hydrogen (secondary N) is 1. The van der Waals surface area contributed by atoms with E-state index in [4.69, 9.17) is 14.7 Å². The van der Waals surface area contributed by atoms with Crippen molar-refractivity contribution in [2.45, 2.75) is 19.4 Å². The Bertz CT molecular complexity index is 769. The Kier molecular flexibility index (Phi) is 6.35. The van der Waals surface area contributed by atoms with Crippen LogP contribution >= 0.6 is 0 Å². The summed E-state index contributed by atoms with van der Waals surface area (Å²) < 4.78 is 23.6. The minimum Gasteiger partial charge on any atom is -0.493 e. The molecule has 0 aliphatic heterocycles. The molecule has 0 heterocycles. The monoisotopic (exact) mass is 342 g/mol. The fourth-order valence-corrected chi connectivity index (χ4v) is 2.20. The van der Waals surface area contributed by atoms with E-state index < -0.39 is 6.10 Å². The van der Waals surface area contributed by atoms with E-state index in [-0.39, 0.29) is 11.7 Å². The fraction of sp³-hybridized carbons (Fsp3) is 0.263. The van der Waals surface area contributed by atoms with E-state index in [0.717, 1.165) is 5.56 Å². The van der Waals surface area contributed by atoms with Crippen LogP contribution in [0.2, 0.25) is 0 Å². The first-order valence-electron chi connectivity index (χ1n) is 7.80. The van der Waals surface area contributed by atoms with E-state index in [9.17, 15) is 9.18 Å². The largest absolute Gasteiger partial charge is 0.493 e. The number of amides is 1. The minimum atomic E-state index is -0.727. The van der Waals surface area contributed by atoms with Gasteiger partial charge in [0.15, 0.2) is 17.6 Å². The van der Waals surface area contributed by atoms with Gasteiger partial charge in [-0.15, -0.1) is 0 Å². The lowest BCUT2D eigenvalue weighted by Crippen LogP contribution is -2.37. The molecule has 2 rings (SSSR count). The minimum absolute atomic E-state index is 0.270. The number of halogens is 1. The number of nitriles is 1. The zero-order valence-electron chi connectivity index (χ0n) is 14.1. The lowest BCUT2D eigenvalue weighted by Gasteiger charge is -2.17. The molecule has 0 bridgehead atoms. The van der Waals surface area contributed by atoms with Crippen LogP contribution in [0.3, 0.4) is 0 Å². The molecule has 0 unspecified atom stereocenters. The first kappa shape index (κ1) is 18.3. The van der Waals surface area contributed by atoms with E-state index in [0.29, 0.717) is 30.0 Å². The van der Waals surface area contributed by atoms with Gasteiger partial charge in [0, 0.05) is 12.6 Å². The molecule has 0 saturated carbocycles. The molecular weight excluding hydrogens is 323 g/mol. The summed E-state index contributed by atoms with van der Waals surface area (Å²) in [5.41, 5.74) is 1.38. The SMILES string of the molecule is COc1cc(C#N)ccc1O[C@@H](C)C(=O)NCCc1ccc(F)cc1. The maximum absolute atomic E-state index is 12.8. The van der Waals surface area contributed by atoms with Gasteiger partial charge in [0.25, 0.3) is 5.91 Å². The zero-order chi connectivity index (χ0) is 18.2. The number of ether oxygens (including phenoxy) is 2. The van der Waals surface area contributed by atoms with Gasteiger partial charge < -0.3 is 14.8 Å². The molecule has 0 fully saturated rings. The zero-order valence-corrected chi connectivity index (χ0v) is 14.1. The van der Waals surface area contributed by atoms with E-state index in [1.54, 1.807) is 37.3 Å². The number of carbonyl (C=O) groups excluding carboxylic acids is 1. The smallest absolute Gasteiger partial charge is 0.260 e. The number of carbonyl (C=O) groups is 1. The molecule has 0 radical (unpaired) electrons. The van der Waals surface area contributed by atoms with Crippen LogP contribution < -0.4 is 14.8 Å². The maximum atomic E-state index is 12.8. The second-order valence-electron chi connectivity index (χ2n) is 5.41. The van der Waals surface area contributed by atoms with Gasteiger partial charge in [-0.25, -0.2) is 4.39 Å². The fourth-order valence-electron chi connectivity index (χ4n) is 2.20. The Morgan fingerprint density at radius 3 is 2.60 bits per heavy atom. The molecule has 6 heteroatoms. The third-order valence-corrected chi connectivity index (χ3v) is 3.59. The van der Waals surface area contributed by atoms with Crippen molar-refractivity contribution in [3.63, 3.8) is 0 Å². The quantitative estimate of drug-likeness (QED) is 0.840. The van der Waals surface area contributed by atoms with Crippen LogP contribution in [0.1, 0.15) is 18.1 Å². The maximum Gasteiger partial charge on any atom is 0.260 e. The summed E-state index contributed by atoms with van der Waals surface area (Å²) in [6.45, 7) is 2.05. The molecule has 2 aromatic rings. The molecule has 1 N–H and O–H groups in total. The third kappa shape index (κ3) is 5.21. The van der Waals surface area contributed by atoms with Crippen LogP contribution in [0.4, 0.5) is 4.39 Å². The third-order valence-electron chi connectivity index (χ3n) is 3.59. The summed E-state index contributed by atoms with van der Waals surface area (Å²) in [5.74, 6) is 0.229. The van der Waals surface area contributed by atoms with Crippen molar-refractivity contribution in [1.29, 1.82) is 5.26 Å². The van der Waals surface area contributed by atoms with Crippen LogP contribution in [0, 0.1) is 17.1 Å². The molecule has 0 aromatic heterocycles. The predicted molar refractivity (Wildman–Crippen MR) is 90.9 cm³/mol. The standard InChI is InChI=1S/C19H19FN2O3/c1-13(25-17-8-5-15(12-21)11-18(17)24-2)19(23)22-10-9-14-3-6-16(20)7-4-14/h3-8,11,13H,9-10H2,1-2H3,(H,22,23)/t13-/m0/s1. The highest BCUT2D eigenvalue weighted by Crippen LogP contribution is 2.28. The van der Waals surface area contributed by atoms with Gasteiger partial charge in [-0.1, -0.05) is 12.1 Å². The van der Waals surface area contributed by atoms with Crippen LogP contribution in [0.25, 0.3) is 0 Å². The molecule has 0 saturated heterocycles. The Morgan fingerprint density at radius 1 is 1.24 bits per heavy atom. The van der Waals surface area contributed by atoms with E-state index in [1.165, 1.54) is 19.2 Å². The number of hydrogen-bond acceptors (Lipinski definition) is 4. The molecule has 25 heavy (non-hydrogen) atoms. The summed E-state index contributed by atoms with van der Waals surface area (Å²) in [6, 6.07) is 12.9. The van der Waals surface area contributed by atoms with Gasteiger partial charge in [-0.2, -0.15) is 5.26 Å². The van der Waals surface area contributed by atoms with E-state index in [1.807, 2.05) is 6.07 Å². The van der Waals surface area contributed by atoms with Gasteiger partial charge in [-0.3, -0.25) is 4.79 Å². The van der Waals surface area contributed by atoms with Gasteiger partial charge in [0.1, 0.15) is 5.82 Å². The summed E-state index contributed by atoms with van der Waals surface area (Å²) in [4.78, 5) is 12.1. The van der Waals surface area contributed by atoms with E-state index in [2.05, 4.69) is 5.32 Å². The van der Waals surface area contributed by atoms with Crippen molar-refractivity contribution in [3.05, 3.63) is 59.4 Å². The average molecular weight is 342 g/mol. The van der Waals surface area contributed by atoms with Crippen molar-refractivity contribution in [2.75, 3.05) is 13.7 Å². The van der Waals surface area contributed by atoms with Crippen LogP contribution in [0.5, 0.6) is 11.5 Å². The summed E-state index contributed by atoms with van der Waals surface area (Å²) in [5, 5.41) is 11.7. The molecule has 1 amide bonds. The number of benzene rings is 2. The van der Waals surface area contributed by atoms with Crippen LogP contribution in [0.15, 0.2) is 42.5 Å². The van der Waals surface area contributed by atoms with Crippen LogP contribution in [-0.4, -0.2) is 25.7 Å². The molecule has 0 aliphatic rings. The summed E-state index contributed by atoms with van der Waals surface area (Å²) in [6.07, 6.45) is -0.131. The van der Waals surface area contributed by atoms with Gasteiger partial charge in [0.05, 0.1) is 18.7 Å². The molecule has 1 atom stereocenters. The Morgan fingerprint density at radius 2 is 1.96 bits per heavy atom. The molecular formula is C19H19FN2O3. The molecule has 2 aromatic carbocycles. The van der Waals surface area contributed by atoms with E-state index >= 15 is 0 Å². The van der Waals surface area contributed by atoms with Gasteiger partial charge in [0.2, 0.25) is 0 Å². The van der Waals surface area contributed by atoms with Gasteiger partial charge in [-0.05, 0) is 43.2 Å². The second-order valence-corrected chi connectivity index (χ2v) is 5.41.